The van der Waals surface area contributed by atoms with E-state index in [1.165, 1.54) is 0 Å². The minimum absolute atomic E-state index is 0.0434. The summed E-state index contributed by atoms with van der Waals surface area (Å²) in [6, 6.07) is 0. The van der Waals surface area contributed by atoms with Gasteiger partial charge in [-0.05, 0) is 86.3 Å². The van der Waals surface area contributed by atoms with Gasteiger partial charge in [-0.15, -0.1) is 0 Å². The Labute approximate surface area is 174 Å². The van der Waals surface area contributed by atoms with Crippen LogP contribution in [0.25, 0.3) is 0 Å². The van der Waals surface area contributed by atoms with E-state index >= 15 is 0 Å². The first-order valence-corrected chi connectivity index (χ1v) is 11.1. The molecule has 1 N–H and O–H groups in total. The summed E-state index contributed by atoms with van der Waals surface area (Å²) in [6.45, 7) is 8.72. The number of rotatable bonds is 3. The highest BCUT2D eigenvalue weighted by Crippen LogP contribution is 2.63. The van der Waals surface area contributed by atoms with Crippen LogP contribution >= 0.6 is 0 Å². The molecule has 0 aromatic rings. The van der Waals surface area contributed by atoms with E-state index in [1.807, 2.05) is 19.9 Å². The number of carbonyl (C=O) groups excluding carboxylic acids is 2. The molecular weight excluding hydrogens is 364 g/mol. The van der Waals surface area contributed by atoms with Crippen LogP contribution in [-0.4, -0.2) is 35.5 Å². The largest absolute Gasteiger partial charge is 0.392 e. The molecule has 1 saturated heterocycles. The summed E-state index contributed by atoms with van der Waals surface area (Å²) in [4.78, 5) is 24.5. The summed E-state index contributed by atoms with van der Waals surface area (Å²) in [6.07, 6.45) is 11.6. The summed E-state index contributed by atoms with van der Waals surface area (Å²) in [5.41, 5.74) is 2.63. The SMILES string of the molecule is CC(=CC1CC(C)C2(CCC3(C)CC4C(C)=CC(=O)C4C(C=O)=CCC32)O1)CO. The van der Waals surface area contributed by atoms with Crippen molar-refractivity contribution in [2.45, 2.75) is 71.5 Å². The Kier molecular flexibility index (Phi) is 5.23. The zero-order valence-corrected chi connectivity index (χ0v) is 18.1. The summed E-state index contributed by atoms with van der Waals surface area (Å²) in [5, 5.41) is 9.41. The van der Waals surface area contributed by atoms with Crippen molar-refractivity contribution in [3.8, 4) is 0 Å². The second-order valence-electron chi connectivity index (χ2n) is 10.3. The van der Waals surface area contributed by atoms with Crippen LogP contribution in [0.1, 0.15) is 59.8 Å². The second kappa shape index (κ2) is 7.31. The third-order valence-electron chi connectivity index (χ3n) is 8.46. The number of ketones is 1. The van der Waals surface area contributed by atoms with Gasteiger partial charge in [-0.25, -0.2) is 0 Å². The van der Waals surface area contributed by atoms with Crippen LogP contribution in [0.2, 0.25) is 0 Å². The van der Waals surface area contributed by atoms with Crippen molar-refractivity contribution < 1.29 is 19.4 Å². The third-order valence-corrected chi connectivity index (χ3v) is 8.46. The van der Waals surface area contributed by atoms with E-state index in [-0.39, 0.29) is 41.3 Å². The molecule has 7 atom stereocenters. The van der Waals surface area contributed by atoms with Gasteiger partial charge in [0.15, 0.2) is 5.78 Å². The Morgan fingerprint density at radius 1 is 1.38 bits per heavy atom. The quantitative estimate of drug-likeness (QED) is 0.572. The van der Waals surface area contributed by atoms with Crippen molar-refractivity contribution in [2.24, 2.45) is 29.1 Å². The molecule has 1 heterocycles. The summed E-state index contributed by atoms with van der Waals surface area (Å²) in [5.74, 6) is 0.692. The van der Waals surface area contributed by atoms with E-state index in [2.05, 4.69) is 19.9 Å². The number of aliphatic hydroxyl groups excluding tert-OH is 1. The molecule has 4 aliphatic rings. The van der Waals surface area contributed by atoms with Crippen LogP contribution < -0.4 is 0 Å². The maximum Gasteiger partial charge on any atom is 0.163 e. The van der Waals surface area contributed by atoms with E-state index in [9.17, 15) is 14.7 Å². The maximum atomic E-state index is 12.6. The lowest BCUT2D eigenvalue weighted by Crippen LogP contribution is -2.44. The standard InChI is InChI=1S/C25H34O4/c1-15(13-26)9-19-11-17(3)25(29-19)8-7-24(4)12-20-16(2)10-21(28)23(20)18(14-27)5-6-22(24)25/h5,9-10,14,17,19-20,22-23,26H,6-8,11-13H2,1-4H3. The van der Waals surface area contributed by atoms with Gasteiger partial charge in [0.25, 0.3) is 0 Å². The highest BCUT2D eigenvalue weighted by molar-refractivity contribution is 6.01. The molecule has 1 aliphatic heterocycles. The van der Waals surface area contributed by atoms with Crippen LogP contribution in [0.4, 0.5) is 0 Å². The van der Waals surface area contributed by atoms with Crippen molar-refractivity contribution in [2.75, 3.05) is 6.61 Å². The summed E-state index contributed by atoms with van der Waals surface area (Å²) >= 11 is 0. The van der Waals surface area contributed by atoms with E-state index in [4.69, 9.17) is 4.74 Å². The maximum absolute atomic E-state index is 12.6. The van der Waals surface area contributed by atoms with Gasteiger partial charge in [0.1, 0.15) is 6.29 Å². The molecular formula is C25H34O4. The first-order chi connectivity index (χ1) is 13.7. The smallest absolute Gasteiger partial charge is 0.163 e. The zero-order chi connectivity index (χ0) is 21.0. The Balaban J connectivity index is 1.70. The lowest BCUT2D eigenvalue weighted by molar-refractivity contribution is -0.119. The molecule has 4 heteroatoms. The van der Waals surface area contributed by atoms with Crippen molar-refractivity contribution >= 4 is 12.1 Å². The van der Waals surface area contributed by atoms with Crippen molar-refractivity contribution in [3.63, 3.8) is 0 Å². The highest BCUT2D eigenvalue weighted by atomic mass is 16.5. The predicted molar refractivity (Wildman–Crippen MR) is 112 cm³/mol. The van der Waals surface area contributed by atoms with Crippen molar-refractivity contribution in [1.29, 1.82) is 0 Å². The third kappa shape index (κ3) is 3.19. The topological polar surface area (TPSA) is 63.6 Å². The van der Waals surface area contributed by atoms with E-state index in [1.54, 1.807) is 6.08 Å². The minimum atomic E-state index is -0.286. The van der Waals surface area contributed by atoms with Gasteiger partial charge in [0.2, 0.25) is 0 Å². The number of fused-ring (bicyclic) bond motifs is 3. The molecule has 4 nitrogen and oxygen atoms in total. The number of hydrogen-bond acceptors (Lipinski definition) is 4. The van der Waals surface area contributed by atoms with Gasteiger partial charge in [-0.2, -0.15) is 0 Å². The first-order valence-electron chi connectivity index (χ1n) is 11.1. The van der Waals surface area contributed by atoms with Crippen molar-refractivity contribution in [1.82, 2.24) is 0 Å². The molecule has 1 spiro atoms. The number of allylic oxidation sites excluding steroid dienone is 4. The minimum Gasteiger partial charge on any atom is -0.392 e. The van der Waals surface area contributed by atoms with E-state index in [0.29, 0.717) is 17.4 Å². The Morgan fingerprint density at radius 3 is 2.83 bits per heavy atom. The fraction of sp³-hybridized carbons (Fsp3) is 0.680. The Bertz CT molecular complexity index is 806. The van der Waals surface area contributed by atoms with Gasteiger partial charge in [-0.3, -0.25) is 9.59 Å². The monoisotopic (exact) mass is 398 g/mol. The molecule has 0 aromatic heterocycles. The lowest BCUT2D eigenvalue weighted by Gasteiger charge is -2.44. The van der Waals surface area contributed by atoms with Gasteiger partial charge < -0.3 is 9.84 Å². The fourth-order valence-corrected chi connectivity index (χ4v) is 6.91. The van der Waals surface area contributed by atoms with Crippen LogP contribution in [0.3, 0.4) is 0 Å². The Morgan fingerprint density at radius 2 is 2.14 bits per heavy atom. The second-order valence-corrected chi connectivity index (χ2v) is 10.3. The number of hydrogen-bond donors (Lipinski definition) is 1. The normalized spacial score (nSPS) is 44.8. The predicted octanol–water partition coefficient (Wildman–Crippen LogP) is 4.19. The average molecular weight is 399 g/mol. The molecule has 1 saturated carbocycles. The van der Waals surface area contributed by atoms with Crippen LogP contribution in [0.5, 0.6) is 0 Å². The van der Waals surface area contributed by atoms with Crippen molar-refractivity contribution in [3.05, 3.63) is 34.9 Å². The van der Waals surface area contributed by atoms with Crippen LogP contribution in [0.15, 0.2) is 34.9 Å². The lowest BCUT2D eigenvalue weighted by atomic mass is 9.62. The van der Waals surface area contributed by atoms with E-state index < -0.39 is 0 Å². The summed E-state index contributed by atoms with van der Waals surface area (Å²) < 4.78 is 6.77. The Hall–Kier alpha value is -1.52. The molecule has 0 radical (unpaired) electrons. The van der Waals surface area contributed by atoms with Gasteiger partial charge in [-0.1, -0.05) is 31.6 Å². The van der Waals surface area contributed by atoms with Crippen LogP contribution in [0, 0.1) is 29.1 Å². The molecule has 0 aromatic carbocycles. The number of carbonyl (C=O) groups is 2. The van der Waals surface area contributed by atoms with Crippen LogP contribution in [-0.2, 0) is 14.3 Å². The molecule has 7 unspecified atom stereocenters. The molecule has 158 valence electrons. The number of aliphatic hydroxyl groups is 1. The van der Waals surface area contributed by atoms with E-state index in [0.717, 1.165) is 49.5 Å². The number of aldehydes is 1. The molecule has 0 amide bonds. The van der Waals surface area contributed by atoms with Gasteiger partial charge in [0, 0.05) is 0 Å². The first kappa shape index (κ1) is 20.7. The molecule has 0 bridgehead atoms. The molecule has 3 aliphatic carbocycles. The molecule has 4 rings (SSSR count). The zero-order valence-electron chi connectivity index (χ0n) is 18.1. The van der Waals surface area contributed by atoms with Gasteiger partial charge in [0.05, 0.1) is 24.2 Å². The highest BCUT2D eigenvalue weighted by Gasteiger charge is 2.61. The fourth-order valence-electron chi connectivity index (χ4n) is 6.91. The number of ether oxygens (including phenoxy) is 1. The average Bonchev–Trinajstić information content (AvgIpc) is 3.22. The molecule has 2 fully saturated rings. The molecule has 29 heavy (non-hydrogen) atoms. The van der Waals surface area contributed by atoms with Gasteiger partial charge >= 0.3 is 0 Å². The summed E-state index contributed by atoms with van der Waals surface area (Å²) in [7, 11) is 0.